The van der Waals surface area contributed by atoms with Gasteiger partial charge in [0.05, 0.1) is 11.4 Å². The molecule has 0 aliphatic rings. The minimum atomic E-state index is -1.00. The number of azo groups is 1. The van der Waals surface area contributed by atoms with Crippen molar-refractivity contribution >= 4 is 17.3 Å². The second-order valence-electron chi connectivity index (χ2n) is 4.13. The number of aliphatic carboxylic acids is 1. The highest BCUT2D eigenvalue weighted by Gasteiger charge is 2.11. The van der Waals surface area contributed by atoms with E-state index < -0.39 is 12.1 Å². The first-order valence-electron chi connectivity index (χ1n) is 6.11. The van der Waals surface area contributed by atoms with Crippen molar-refractivity contribution < 1.29 is 14.6 Å². The molecule has 0 aliphatic heterocycles. The van der Waals surface area contributed by atoms with Crippen LogP contribution in [0.4, 0.5) is 11.4 Å². The fourth-order valence-corrected chi connectivity index (χ4v) is 1.46. The first kappa shape index (κ1) is 13.7. The number of carboxylic acid groups (broad SMARTS) is 1. The predicted octanol–water partition coefficient (Wildman–Crippen LogP) is 3.95. The van der Waals surface area contributed by atoms with E-state index in [1.165, 1.54) is 6.92 Å². The summed E-state index contributed by atoms with van der Waals surface area (Å²) in [6.07, 6.45) is -0.883. The maximum Gasteiger partial charge on any atom is 0.344 e. The molecule has 1 N–H and O–H groups in total. The maximum absolute atomic E-state index is 10.7. The van der Waals surface area contributed by atoms with Crippen molar-refractivity contribution in [1.82, 2.24) is 0 Å². The fourth-order valence-electron chi connectivity index (χ4n) is 1.46. The Balaban J connectivity index is 2.02. The van der Waals surface area contributed by atoms with Gasteiger partial charge in [-0.3, -0.25) is 0 Å². The average molecular weight is 270 g/mol. The summed E-state index contributed by atoms with van der Waals surface area (Å²) in [5.74, 6) is -0.517. The molecule has 0 heterocycles. The molecule has 0 saturated carbocycles. The van der Waals surface area contributed by atoms with Gasteiger partial charge in [0, 0.05) is 0 Å². The van der Waals surface area contributed by atoms with Gasteiger partial charge >= 0.3 is 5.97 Å². The number of hydrogen-bond acceptors (Lipinski definition) is 4. The van der Waals surface area contributed by atoms with E-state index in [4.69, 9.17) is 9.84 Å². The molecule has 2 rings (SSSR count). The number of benzene rings is 2. The molecule has 102 valence electrons. The third kappa shape index (κ3) is 3.91. The van der Waals surface area contributed by atoms with Gasteiger partial charge in [0.15, 0.2) is 6.10 Å². The summed E-state index contributed by atoms with van der Waals surface area (Å²) in [4.78, 5) is 10.7. The highest BCUT2D eigenvalue weighted by molar-refractivity contribution is 5.72. The van der Waals surface area contributed by atoms with Crippen molar-refractivity contribution in [2.24, 2.45) is 10.2 Å². The lowest BCUT2D eigenvalue weighted by molar-refractivity contribution is -0.144. The molecule has 20 heavy (non-hydrogen) atoms. The Labute approximate surface area is 116 Å². The van der Waals surface area contributed by atoms with E-state index in [9.17, 15) is 4.79 Å². The SMILES string of the molecule is CC(Oc1ccc(N=Nc2ccccc2)cc1)C(=O)O. The van der Waals surface area contributed by atoms with E-state index in [0.29, 0.717) is 11.4 Å². The summed E-state index contributed by atoms with van der Waals surface area (Å²) in [5, 5.41) is 16.9. The summed E-state index contributed by atoms with van der Waals surface area (Å²) >= 11 is 0. The first-order valence-corrected chi connectivity index (χ1v) is 6.11. The molecule has 0 amide bonds. The molecule has 5 nitrogen and oxygen atoms in total. The molecule has 0 bridgehead atoms. The molecule has 0 aliphatic carbocycles. The van der Waals surface area contributed by atoms with Crippen LogP contribution in [-0.4, -0.2) is 17.2 Å². The molecule has 0 saturated heterocycles. The van der Waals surface area contributed by atoms with Crippen molar-refractivity contribution in [2.45, 2.75) is 13.0 Å². The van der Waals surface area contributed by atoms with E-state index in [1.54, 1.807) is 24.3 Å². The van der Waals surface area contributed by atoms with Gasteiger partial charge in [-0.25, -0.2) is 4.79 Å². The molecule has 0 aromatic heterocycles. The van der Waals surface area contributed by atoms with Gasteiger partial charge in [0.1, 0.15) is 5.75 Å². The molecule has 2 aromatic rings. The standard InChI is InChI=1S/C15H14N2O3/c1-11(15(18)19)20-14-9-7-13(8-10-14)17-16-12-5-3-2-4-6-12/h2-11H,1H3,(H,18,19). The number of hydrogen-bond donors (Lipinski definition) is 1. The Morgan fingerprint density at radius 3 is 2.10 bits per heavy atom. The highest BCUT2D eigenvalue weighted by atomic mass is 16.5. The lowest BCUT2D eigenvalue weighted by Crippen LogP contribution is -2.22. The van der Waals surface area contributed by atoms with Crippen LogP contribution in [0.15, 0.2) is 64.8 Å². The number of rotatable bonds is 5. The lowest BCUT2D eigenvalue weighted by Gasteiger charge is -2.09. The largest absolute Gasteiger partial charge is 0.479 e. The fraction of sp³-hybridized carbons (Fsp3) is 0.133. The van der Waals surface area contributed by atoms with Crippen LogP contribution in [0.2, 0.25) is 0 Å². The smallest absolute Gasteiger partial charge is 0.344 e. The van der Waals surface area contributed by atoms with E-state index in [2.05, 4.69) is 10.2 Å². The molecule has 0 radical (unpaired) electrons. The summed E-state index contributed by atoms with van der Waals surface area (Å²) in [5.41, 5.74) is 1.44. The molecular weight excluding hydrogens is 256 g/mol. The van der Waals surface area contributed by atoms with Crippen LogP contribution in [0, 0.1) is 0 Å². The van der Waals surface area contributed by atoms with E-state index >= 15 is 0 Å². The van der Waals surface area contributed by atoms with Gasteiger partial charge in [0.25, 0.3) is 0 Å². The first-order chi connectivity index (χ1) is 9.65. The van der Waals surface area contributed by atoms with Crippen molar-refractivity contribution in [3.05, 3.63) is 54.6 Å². The summed E-state index contributed by atoms with van der Waals surface area (Å²) in [6, 6.07) is 16.2. The zero-order chi connectivity index (χ0) is 14.4. The molecule has 0 spiro atoms. The van der Waals surface area contributed by atoms with Crippen LogP contribution < -0.4 is 4.74 Å². The zero-order valence-electron chi connectivity index (χ0n) is 10.9. The molecule has 0 fully saturated rings. The monoisotopic (exact) mass is 270 g/mol. The van der Waals surface area contributed by atoms with Crippen LogP contribution in [0.5, 0.6) is 5.75 Å². The Bertz CT molecular complexity index is 594. The third-order valence-electron chi connectivity index (χ3n) is 2.53. The number of carboxylic acids is 1. The number of carbonyl (C=O) groups is 1. The normalized spacial score (nSPS) is 12.2. The van der Waals surface area contributed by atoms with E-state index in [-0.39, 0.29) is 0 Å². The Kier molecular flexibility index (Phi) is 4.44. The van der Waals surface area contributed by atoms with Crippen LogP contribution in [0.25, 0.3) is 0 Å². The number of nitrogens with zero attached hydrogens (tertiary/aromatic N) is 2. The van der Waals surface area contributed by atoms with Gasteiger partial charge in [-0.05, 0) is 43.3 Å². The molecular formula is C15H14N2O3. The topological polar surface area (TPSA) is 71.2 Å². The summed E-state index contributed by atoms with van der Waals surface area (Å²) in [7, 11) is 0. The van der Waals surface area contributed by atoms with Crippen LogP contribution in [-0.2, 0) is 4.79 Å². The van der Waals surface area contributed by atoms with Crippen molar-refractivity contribution in [1.29, 1.82) is 0 Å². The second-order valence-corrected chi connectivity index (χ2v) is 4.13. The quantitative estimate of drug-likeness (QED) is 0.836. The van der Waals surface area contributed by atoms with Crippen LogP contribution in [0.3, 0.4) is 0 Å². The average Bonchev–Trinajstić information content (AvgIpc) is 2.47. The minimum Gasteiger partial charge on any atom is -0.479 e. The lowest BCUT2D eigenvalue weighted by atomic mass is 10.3. The van der Waals surface area contributed by atoms with Crippen LogP contribution >= 0.6 is 0 Å². The summed E-state index contributed by atoms with van der Waals surface area (Å²) in [6.45, 7) is 1.48. The van der Waals surface area contributed by atoms with Gasteiger partial charge in [-0.1, -0.05) is 18.2 Å². The van der Waals surface area contributed by atoms with Gasteiger partial charge in [-0.15, -0.1) is 0 Å². The molecule has 1 unspecified atom stereocenters. The third-order valence-corrected chi connectivity index (χ3v) is 2.53. The highest BCUT2D eigenvalue weighted by Crippen LogP contribution is 2.21. The van der Waals surface area contributed by atoms with Gasteiger partial charge in [0.2, 0.25) is 0 Å². The molecule has 1 atom stereocenters. The van der Waals surface area contributed by atoms with E-state index in [0.717, 1.165) is 5.69 Å². The van der Waals surface area contributed by atoms with Gasteiger partial charge in [-0.2, -0.15) is 10.2 Å². The number of ether oxygens (including phenoxy) is 1. The second kappa shape index (κ2) is 6.47. The Morgan fingerprint density at radius 2 is 1.55 bits per heavy atom. The molecule has 2 aromatic carbocycles. The van der Waals surface area contributed by atoms with Crippen LogP contribution in [0.1, 0.15) is 6.92 Å². The van der Waals surface area contributed by atoms with Crippen molar-refractivity contribution in [2.75, 3.05) is 0 Å². The summed E-state index contributed by atoms with van der Waals surface area (Å²) < 4.78 is 5.22. The Hall–Kier alpha value is -2.69. The zero-order valence-corrected chi connectivity index (χ0v) is 10.9. The van der Waals surface area contributed by atoms with E-state index in [1.807, 2.05) is 30.3 Å². The molecule has 5 heteroatoms. The minimum absolute atomic E-state index is 0.485. The predicted molar refractivity (Wildman–Crippen MR) is 74.8 cm³/mol. The van der Waals surface area contributed by atoms with Crippen molar-refractivity contribution in [3.63, 3.8) is 0 Å². The van der Waals surface area contributed by atoms with Crippen molar-refractivity contribution in [3.8, 4) is 5.75 Å². The maximum atomic E-state index is 10.7. The Morgan fingerprint density at radius 1 is 1.00 bits per heavy atom. The van der Waals surface area contributed by atoms with Gasteiger partial charge < -0.3 is 9.84 Å².